The van der Waals surface area contributed by atoms with E-state index in [1.165, 1.54) is 13.2 Å². The molecule has 2 aliphatic rings. The number of amides is 1. The number of nitrogens with zero attached hydrogens (tertiary/aromatic N) is 3. The van der Waals surface area contributed by atoms with Crippen molar-refractivity contribution in [2.24, 2.45) is 0 Å². The van der Waals surface area contributed by atoms with Crippen LogP contribution in [-0.2, 0) is 17.3 Å². The minimum absolute atomic E-state index is 0.00466. The molecule has 4 rings (SSSR count). The number of piperazine rings is 1. The second kappa shape index (κ2) is 12.2. The molecule has 0 aromatic heterocycles. The minimum Gasteiger partial charge on any atom is -0.497 e. The number of benzene rings is 2. The van der Waals surface area contributed by atoms with E-state index in [1.807, 2.05) is 24.3 Å². The fraction of sp³-hybridized carbons (Fsp3) is 0.536. The van der Waals surface area contributed by atoms with E-state index in [-0.39, 0.29) is 29.6 Å². The molecule has 2 saturated heterocycles. The van der Waals surface area contributed by atoms with E-state index in [9.17, 15) is 18.0 Å². The Hall–Kier alpha value is -2.33. The molecular weight excluding hydrogens is 519 g/mol. The van der Waals surface area contributed by atoms with Crippen LogP contribution in [0, 0.1) is 0 Å². The predicted molar refractivity (Wildman–Crippen MR) is 141 cm³/mol. The molecule has 208 valence electrons. The summed E-state index contributed by atoms with van der Waals surface area (Å²) in [7, 11) is 1.29. The van der Waals surface area contributed by atoms with E-state index in [0.717, 1.165) is 43.9 Å². The molecule has 0 N–H and O–H groups in total. The van der Waals surface area contributed by atoms with E-state index in [2.05, 4.69) is 23.6 Å². The third-order valence-electron chi connectivity index (χ3n) is 7.16. The number of methoxy groups -OCH3 is 1. The van der Waals surface area contributed by atoms with Crippen LogP contribution in [0.3, 0.4) is 0 Å². The van der Waals surface area contributed by atoms with E-state index < -0.39 is 17.6 Å². The normalized spacial score (nSPS) is 23.4. The monoisotopic (exact) mass is 553 g/mol. The van der Waals surface area contributed by atoms with Crippen LogP contribution < -0.4 is 4.74 Å². The highest BCUT2D eigenvalue weighted by atomic mass is 35.5. The molecule has 3 atom stereocenters. The summed E-state index contributed by atoms with van der Waals surface area (Å²) < 4.78 is 51.5. The largest absolute Gasteiger partial charge is 0.497 e. The van der Waals surface area contributed by atoms with Crippen LogP contribution in [0.5, 0.6) is 5.75 Å². The summed E-state index contributed by atoms with van der Waals surface area (Å²) in [4.78, 5) is 20.1. The van der Waals surface area contributed by atoms with Crippen LogP contribution in [0.2, 0.25) is 5.02 Å². The summed E-state index contributed by atoms with van der Waals surface area (Å²) in [6, 6.07) is 10.5. The average Bonchev–Trinajstić information content (AvgIpc) is 2.87. The summed E-state index contributed by atoms with van der Waals surface area (Å²) in [5.74, 6) is -0.422. The van der Waals surface area contributed by atoms with Gasteiger partial charge in [0.25, 0.3) is 5.91 Å². The quantitative estimate of drug-likeness (QED) is 0.491. The van der Waals surface area contributed by atoms with Gasteiger partial charge in [-0.3, -0.25) is 14.6 Å². The van der Waals surface area contributed by atoms with Gasteiger partial charge in [-0.05, 0) is 56.2 Å². The molecule has 0 saturated carbocycles. The van der Waals surface area contributed by atoms with Crippen molar-refractivity contribution in [1.82, 2.24) is 14.7 Å². The molecule has 0 unspecified atom stereocenters. The van der Waals surface area contributed by atoms with Gasteiger partial charge in [0.2, 0.25) is 0 Å². The van der Waals surface area contributed by atoms with Crippen LogP contribution in [0.4, 0.5) is 13.2 Å². The number of ether oxygens (including phenoxy) is 2. The summed E-state index contributed by atoms with van der Waals surface area (Å²) >= 11 is 6.06. The summed E-state index contributed by atoms with van der Waals surface area (Å²) in [5, 5.41) is 0.622. The molecule has 2 fully saturated rings. The van der Waals surface area contributed by atoms with Crippen molar-refractivity contribution in [3.8, 4) is 5.75 Å². The predicted octanol–water partition coefficient (Wildman–Crippen LogP) is 4.85. The topological polar surface area (TPSA) is 45.2 Å². The van der Waals surface area contributed by atoms with Gasteiger partial charge in [0.15, 0.2) is 0 Å². The van der Waals surface area contributed by atoms with Crippen molar-refractivity contribution < 1.29 is 27.4 Å². The summed E-state index contributed by atoms with van der Waals surface area (Å²) in [5.41, 5.74) is 0.0843. The average molecular weight is 554 g/mol. The van der Waals surface area contributed by atoms with E-state index in [1.54, 1.807) is 4.90 Å². The maximum atomic E-state index is 13.6. The Morgan fingerprint density at radius 1 is 1.00 bits per heavy atom. The number of morpholine rings is 1. The highest BCUT2D eigenvalue weighted by Crippen LogP contribution is 2.33. The first kappa shape index (κ1) is 28.7. The van der Waals surface area contributed by atoms with Crippen LogP contribution in [0.25, 0.3) is 0 Å². The van der Waals surface area contributed by atoms with Crippen LogP contribution in [-0.4, -0.2) is 91.8 Å². The number of hydrogen-bond donors (Lipinski definition) is 0. The fourth-order valence-electron chi connectivity index (χ4n) is 5.38. The van der Waals surface area contributed by atoms with Gasteiger partial charge in [0.1, 0.15) is 5.75 Å². The Labute approximate surface area is 227 Å². The Kier molecular flexibility index (Phi) is 9.23. The number of carbonyl (C=O) groups excluding carboxylic acids is 1. The molecule has 0 bridgehead atoms. The second-order valence-corrected chi connectivity index (χ2v) is 10.7. The summed E-state index contributed by atoms with van der Waals surface area (Å²) in [6.45, 7) is 9.36. The highest BCUT2D eigenvalue weighted by Gasteiger charge is 2.35. The third kappa shape index (κ3) is 7.40. The van der Waals surface area contributed by atoms with Crippen molar-refractivity contribution in [2.75, 3.05) is 52.9 Å². The Morgan fingerprint density at radius 3 is 2.29 bits per heavy atom. The minimum atomic E-state index is -4.58. The number of alkyl halides is 3. The van der Waals surface area contributed by atoms with Gasteiger partial charge in [-0.15, -0.1) is 0 Å². The van der Waals surface area contributed by atoms with E-state index in [0.29, 0.717) is 31.1 Å². The number of halogens is 4. The molecule has 0 spiro atoms. The lowest BCUT2D eigenvalue weighted by Gasteiger charge is -2.43. The molecule has 2 aromatic rings. The lowest BCUT2D eigenvalue weighted by atomic mass is 10.00. The van der Waals surface area contributed by atoms with E-state index in [4.69, 9.17) is 21.1 Å². The molecule has 2 heterocycles. The van der Waals surface area contributed by atoms with Crippen molar-refractivity contribution in [3.63, 3.8) is 0 Å². The standard InChI is InChI=1S/C28H35ClF3N3O3/c1-19-16-34(17-20(2)38-19)9-8-33-10-11-35(25(18-33)12-21-4-6-24(29)7-5-21)27(36)22-13-23(28(30,31)32)15-26(14-22)37-3/h4-7,13-15,19-20,25H,8-12,16-18H2,1-3H3/t19-,20+,25-/m1/s1. The molecular formula is C28H35ClF3N3O3. The zero-order valence-electron chi connectivity index (χ0n) is 22.0. The molecule has 38 heavy (non-hydrogen) atoms. The molecule has 10 heteroatoms. The van der Waals surface area contributed by atoms with Crippen LogP contribution >= 0.6 is 11.6 Å². The molecule has 1 amide bonds. The maximum absolute atomic E-state index is 13.6. The maximum Gasteiger partial charge on any atom is 0.416 e. The molecule has 6 nitrogen and oxygen atoms in total. The fourth-order valence-corrected chi connectivity index (χ4v) is 5.50. The molecule has 0 radical (unpaired) electrons. The van der Waals surface area contributed by atoms with Gasteiger partial charge in [-0.1, -0.05) is 23.7 Å². The number of hydrogen-bond acceptors (Lipinski definition) is 5. The zero-order chi connectivity index (χ0) is 27.4. The van der Waals surface area contributed by atoms with Gasteiger partial charge in [-0.2, -0.15) is 13.2 Å². The Morgan fingerprint density at radius 2 is 1.66 bits per heavy atom. The third-order valence-corrected chi connectivity index (χ3v) is 7.41. The lowest BCUT2D eigenvalue weighted by molar-refractivity contribution is -0.137. The first-order valence-corrected chi connectivity index (χ1v) is 13.3. The van der Waals surface area contributed by atoms with Crippen LogP contribution in [0.1, 0.15) is 35.3 Å². The molecule has 0 aliphatic carbocycles. The van der Waals surface area contributed by atoms with Gasteiger partial charge >= 0.3 is 6.18 Å². The highest BCUT2D eigenvalue weighted by molar-refractivity contribution is 6.30. The van der Waals surface area contributed by atoms with Gasteiger partial charge in [0.05, 0.1) is 24.9 Å². The molecule has 2 aromatic carbocycles. The smallest absolute Gasteiger partial charge is 0.416 e. The first-order chi connectivity index (χ1) is 18.0. The SMILES string of the molecule is COc1cc(C(=O)N2CCN(CCN3C[C@@H](C)O[C@@H](C)C3)C[C@H]2Cc2ccc(Cl)cc2)cc(C(F)(F)F)c1. The first-order valence-electron chi connectivity index (χ1n) is 12.9. The van der Waals surface area contributed by atoms with Gasteiger partial charge in [-0.25, -0.2) is 0 Å². The Bertz CT molecular complexity index is 1090. The second-order valence-electron chi connectivity index (χ2n) is 10.2. The van der Waals surface area contributed by atoms with Crippen molar-refractivity contribution in [3.05, 3.63) is 64.2 Å². The van der Waals surface area contributed by atoms with E-state index >= 15 is 0 Å². The van der Waals surface area contributed by atoms with Gasteiger partial charge < -0.3 is 14.4 Å². The summed E-state index contributed by atoms with van der Waals surface area (Å²) in [6.07, 6.45) is -3.63. The zero-order valence-corrected chi connectivity index (χ0v) is 22.8. The number of carbonyl (C=O) groups is 1. The van der Waals surface area contributed by atoms with Gasteiger partial charge in [0, 0.05) is 62.4 Å². The Balaban J connectivity index is 1.52. The molecule has 2 aliphatic heterocycles. The van der Waals surface area contributed by atoms with Crippen LogP contribution in [0.15, 0.2) is 42.5 Å². The van der Waals surface area contributed by atoms with Crippen molar-refractivity contribution in [1.29, 1.82) is 0 Å². The van der Waals surface area contributed by atoms with Crippen molar-refractivity contribution >= 4 is 17.5 Å². The lowest BCUT2D eigenvalue weighted by Crippen LogP contribution is -2.57. The number of rotatable bonds is 7. The van der Waals surface area contributed by atoms with Crippen molar-refractivity contribution in [2.45, 2.75) is 44.7 Å².